The first-order valence-corrected chi connectivity index (χ1v) is 5.45. The van der Waals surface area contributed by atoms with Crippen LogP contribution in [0.3, 0.4) is 0 Å². The third-order valence-corrected chi connectivity index (χ3v) is 2.81. The smallest absolute Gasteiger partial charge is 0.281 e. The van der Waals surface area contributed by atoms with Crippen molar-refractivity contribution < 1.29 is 8.42 Å². The summed E-state index contributed by atoms with van der Waals surface area (Å²) in [5.74, 6) is 0.0205. The summed E-state index contributed by atoms with van der Waals surface area (Å²) >= 11 is 0. The molecule has 2 aromatic rings. The summed E-state index contributed by atoms with van der Waals surface area (Å²) in [5.41, 5.74) is 0. The fourth-order valence-electron chi connectivity index (χ4n) is 0.917. The summed E-state index contributed by atoms with van der Waals surface area (Å²) in [6, 6.07) is 1.59. The quantitative estimate of drug-likeness (QED) is 0.765. The largest absolute Gasteiger partial charge is 0.334 e. The lowest BCUT2D eigenvalue weighted by molar-refractivity contribution is 0.598. The van der Waals surface area contributed by atoms with E-state index < -0.39 is 10.0 Å². The molecular formula is C7H7N5O2S. The van der Waals surface area contributed by atoms with Crippen molar-refractivity contribution in [2.75, 3.05) is 4.72 Å². The molecule has 2 rings (SSSR count). The van der Waals surface area contributed by atoms with Gasteiger partial charge in [0.2, 0.25) is 5.95 Å². The van der Waals surface area contributed by atoms with E-state index in [9.17, 15) is 8.42 Å². The highest BCUT2D eigenvalue weighted by Crippen LogP contribution is 2.07. The second kappa shape index (κ2) is 3.65. The number of rotatable bonds is 3. The van der Waals surface area contributed by atoms with Crippen LogP contribution in [0, 0.1) is 0 Å². The van der Waals surface area contributed by atoms with Gasteiger partial charge in [-0.2, -0.15) is 8.42 Å². The predicted octanol–water partition coefficient (Wildman–Crippen LogP) is 0.000500. The van der Waals surface area contributed by atoms with E-state index in [4.69, 9.17) is 0 Å². The molecule has 8 heteroatoms. The second-order valence-corrected chi connectivity index (χ2v) is 4.24. The number of hydrogen-bond acceptors (Lipinski definition) is 5. The maximum Gasteiger partial charge on any atom is 0.281 e. The van der Waals surface area contributed by atoms with Gasteiger partial charge in [0.25, 0.3) is 10.0 Å². The Morgan fingerprint density at radius 3 is 2.60 bits per heavy atom. The van der Waals surface area contributed by atoms with E-state index in [1.54, 1.807) is 6.07 Å². The number of nitrogens with zero attached hydrogens (tertiary/aromatic N) is 3. The van der Waals surface area contributed by atoms with E-state index in [0.29, 0.717) is 0 Å². The molecule has 0 bridgehead atoms. The molecular weight excluding hydrogens is 218 g/mol. The van der Waals surface area contributed by atoms with Crippen LogP contribution in [0.1, 0.15) is 0 Å². The SMILES string of the molecule is O=S(=O)(Nc1ncccn1)c1cnc[nH]1. The standard InChI is InChI=1S/C7H7N5O2S/c13-15(14,6-4-8-5-11-6)12-7-9-2-1-3-10-7/h1-5H,(H,8,11)(H,9,10,12). The first-order valence-electron chi connectivity index (χ1n) is 3.97. The Balaban J connectivity index is 2.27. The van der Waals surface area contributed by atoms with Crippen LogP contribution in [-0.2, 0) is 10.0 Å². The van der Waals surface area contributed by atoms with E-state index in [1.807, 2.05) is 0 Å². The van der Waals surface area contributed by atoms with Crippen LogP contribution in [0.4, 0.5) is 5.95 Å². The van der Waals surface area contributed by atoms with Crippen molar-refractivity contribution in [1.82, 2.24) is 19.9 Å². The van der Waals surface area contributed by atoms with Crippen LogP contribution in [0.15, 0.2) is 36.0 Å². The van der Waals surface area contributed by atoms with Gasteiger partial charge >= 0.3 is 0 Å². The van der Waals surface area contributed by atoms with E-state index >= 15 is 0 Å². The van der Waals surface area contributed by atoms with Gasteiger partial charge in [0.15, 0.2) is 5.03 Å². The lowest BCUT2D eigenvalue weighted by Crippen LogP contribution is -2.15. The average Bonchev–Trinajstić information content (AvgIpc) is 2.71. The fourth-order valence-corrected chi connectivity index (χ4v) is 1.78. The minimum absolute atomic E-state index is 0.0205. The van der Waals surface area contributed by atoms with Crippen molar-refractivity contribution in [1.29, 1.82) is 0 Å². The van der Waals surface area contributed by atoms with Crippen molar-refractivity contribution in [3.05, 3.63) is 31.0 Å². The van der Waals surface area contributed by atoms with Crippen LogP contribution >= 0.6 is 0 Å². The highest BCUT2D eigenvalue weighted by Gasteiger charge is 2.16. The first kappa shape index (κ1) is 9.59. The van der Waals surface area contributed by atoms with Gasteiger partial charge in [-0.05, 0) is 6.07 Å². The Morgan fingerprint density at radius 2 is 2.00 bits per heavy atom. The van der Waals surface area contributed by atoms with Crippen molar-refractivity contribution in [3.8, 4) is 0 Å². The predicted molar refractivity (Wildman–Crippen MR) is 51.4 cm³/mol. The minimum atomic E-state index is -3.66. The van der Waals surface area contributed by atoms with Crippen molar-refractivity contribution in [2.45, 2.75) is 5.03 Å². The summed E-state index contributed by atoms with van der Waals surface area (Å²) in [5, 5.41) is -0.0325. The highest BCUT2D eigenvalue weighted by atomic mass is 32.2. The zero-order valence-corrected chi connectivity index (χ0v) is 8.27. The Morgan fingerprint density at radius 1 is 1.27 bits per heavy atom. The number of anilines is 1. The van der Waals surface area contributed by atoms with E-state index in [1.165, 1.54) is 24.9 Å². The monoisotopic (exact) mass is 225 g/mol. The third-order valence-electron chi connectivity index (χ3n) is 1.55. The third kappa shape index (κ3) is 2.10. The Hall–Kier alpha value is -1.96. The van der Waals surface area contributed by atoms with Crippen molar-refractivity contribution in [2.24, 2.45) is 0 Å². The molecule has 7 nitrogen and oxygen atoms in total. The molecule has 0 aromatic carbocycles. The summed E-state index contributed by atoms with van der Waals surface area (Å²) in [6.45, 7) is 0. The average molecular weight is 225 g/mol. The lowest BCUT2D eigenvalue weighted by Gasteiger charge is -2.02. The van der Waals surface area contributed by atoms with Crippen molar-refractivity contribution in [3.63, 3.8) is 0 Å². The minimum Gasteiger partial charge on any atom is -0.334 e. The molecule has 15 heavy (non-hydrogen) atoms. The number of H-pyrrole nitrogens is 1. The molecule has 0 atom stereocenters. The normalized spacial score (nSPS) is 11.2. The number of aromatic amines is 1. The number of hydrogen-bond donors (Lipinski definition) is 2. The topological polar surface area (TPSA) is 101 Å². The molecule has 0 aliphatic carbocycles. The zero-order chi connectivity index (χ0) is 10.7. The van der Waals surface area contributed by atoms with Gasteiger partial charge < -0.3 is 4.98 Å². The Bertz CT molecular complexity index is 522. The summed E-state index contributed by atoms with van der Waals surface area (Å²) in [6.07, 6.45) is 5.36. The van der Waals surface area contributed by atoms with Crippen LogP contribution in [0.5, 0.6) is 0 Å². The van der Waals surface area contributed by atoms with Gasteiger partial charge in [0.1, 0.15) is 0 Å². The molecule has 0 aliphatic heterocycles. The molecule has 0 spiro atoms. The van der Waals surface area contributed by atoms with Gasteiger partial charge in [0, 0.05) is 12.4 Å². The van der Waals surface area contributed by atoms with Gasteiger partial charge in [-0.25, -0.2) is 19.7 Å². The molecule has 0 fully saturated rings. The van der Waals surface area contributed by atoms with E-state index in [2.05, 4.69) is 24.7 Å². The van der Waals surface area contributed by atoms with Crippen LogP contribution < -0.4 is 4.72 Å². The molecule has 2 N–H and O–H groups in total. The van der Waals surface area contributed by atoms with Gasteiger partial charge in [0.05, 0.1) is 12.5 Å². The van der Waals surface area contributed by atoms with Crippen molar-refractivity contribution >= 4 is 16.0 Å². The molecule has 2 heterocycles. The molecule has 2 aromatic heterocycles. The summed E-state index contributed by atoms with van der Waals surface area (Å²) in [7, 11) is -3.66. The molecule has 0 aliphatic rings. The number of nitrogens with one attached hydrogen (secondary N) is 2. The van der Waals surface area contributed by atoms with Crippen LogP contribution in [-0.4, -0.2) is 28.4 Å². The summed E-state index contributed by atoms with van der Waals surface area (Å²) in [4.78, 5) is 13.6. The Kier molecular flexibility index (Phi) is 2.34. The highest BCUT2D eigenvalue weighted by molar-refractivity contribution is 7.92. The number of aromatic nitrogens is 4. The number of imidazole rings is 1. The zero-order valence-electron chi connectivity index (χ0n) is 7.45. The number of sulfonamides is 1. The molecule has 0 amide bonds. The van der Waals surface area contributed by atoms with Crippen LogP contribution in [0.2, 0.25) is 0 Å². The van der Waals surface area contributed by atoms with Gasteiger partial charge in [-0.15, -0.1) is 0 Å². The fraction of sp³-hybridized carbons (Fsp3) is 0. The summed E-state index contributed by atoms with van der Waals surface area (Å²) < 4.78 is 25.4. The molecule has 0 saturated carbocycles. The molecule has 78 valence electrons. The van der Waals surface area contributed by atoms with Gasteiger partial charge in [-0.1, -0.05) is 0 Å². The maximum absolute atomic E-state index is 11.6. The van der Waals surface area contributed by atoms with E-state index in [-0.39, 0.29) is 11.0 Å². The Labute approximate surface area is 85.7 Å². The molecule has 0 saturated heterocycles. The second-order valence-electron chi connectivity index (χ2n) is 2.59. The maximum atomic E-state index is 11.6. The lowest BCUT2D eigenvalue weighted by atomic mass is 10.7. The first-order chi connectivity index (χ1) is 7.18. The van der Waals surface area contributed by atoms with Crippen LogP contribution in [0.25, 0.3) is 0 Å². The van der Waals surface area contributed by atoms with E-state index in [0.717, 1.165) is 0 Å². The molecule has 0 radical (unpaired) electrons. The molecule has 0 unspecified atom stereocenters. The van der Waals surface area contributed by atoms with Gasteiger partial charge in [-0.3, -0.25) is 0 Å².